The molecule has 0 aliphatic rings. The Hall–Kier alpha value is -2.21. The quantitative estimate of drug-likeness (QED) is 0.675. The molecule has 0 unspecified atom stereocenters. The molecule has 2 rings (SSSR count). The SMILES string of the molecule is Cc1nc(/C=N\NC(=O)COc2ccc(C(C)(C)C)cc2)cs1. The number of thiazole rings is 1. The molecule has 5 nitrogen and oxygen atoms in total. The summed E-state index contributed by atoms with van der Waals surface area (Å²) in [5, 5.41) is 6.68. The van der Waals surface area contributed by atoms with Crippen LogP contribution in [0.25, 0.3) is 0 Å². The molecular formula is C17H21N3O2S. The van der Waals surface area contributed by atoms with Gasteiger partial charge in [0.25, 0.3) is 5.91 Å². The molecule has 0 aliphatic heterocycles. The highest BCUT2D eigenvalue weighted by molar-refractivity contribution is 7.09. The number of aryl methyl sites for hydroxylation is 1. The average molecular weight is 331 g/mol. The lowest BCUT2D eigenvalue weighted by atomic mass is 9.87. The van der Waals surface area contributed by atoms with Gasteiger partial charge in [0.1, 0.15) is 5.75 Å². The fraction of sp³-hybridized carbons (Fsp3) is 0.353. The molecule has 1 heterocycles. The highest BCUT2D eigenvalue weighted by atomic mass is 32.1. The number of carbonyl (C=O) groups excluding carboxylic acids is 1. The van der Waals surface area contributed by atoms with Gasteiger partial charge in [0.2, 0.25) is 0 Å². The number of ether oxygens (including phenoxy) is 1. The van der Waals surface area contributed by atoms with Crippen LogP contribution < -0.4 is 10.2 Å². The van der Waals surface area contributed by atoms with E-state index in [-0.39, 0.29) is 17.9 Å². The second-order valence-corrected chi connectivity index (χ2v) is 7.21. The first-order valence-corrected chi connectivity index (χ1v) is 8.20. The maximum absolute atomic E-state index is 11.7. The molecule has 0 atom stereocenters. The number of hydrogen-bond donors (Lipinski definition) is 1. The number of carbonyl (C=O) groups is 1. The molecule has 1 aromatic carbocycles. The zero-order chi connectivity index (χ0) is 16.9. The highest BCUT2D eigenvalue weighted by Crippen LogP contribution is 2.24. The molecule has 0 saturated carbocycles. The number of nitrogens with one attached hydrogen (secondary N) is 1. The van der Waals surface area contributed by atoms with Gasteiger partial charge in [-0.1, -0.05) is 32.9 Å². The summed E-state index contributed by atoms with van der Waals surface area (Å²) in [6.07, 6.45) is 1.51. The van der Waals surface area contributed by atoms with Crippen LogP contribution in [-0.4, -0.2) is 23.7 Å². The lowest BCUT2D eigenvalue weighted by Crippen LogP contribution is -2.24. The van der Waals surface area contributed by atoms with Crippen LogP contribution in [0.4, 0.5) is 0 Å². The van der Waals surface area contributed by atoms with Crippen LogP contribution in [-0.2, 0) is 10.2 Å². The number of hydrogen-bond acceptors (Lipinski definition) is 5. The molecule has 23 heavy (non-hydrogen) atoms. The second kappa shape index (κ2) is 7.37. The normalized spacial score (nSPS) is 11.7. The summed E-state index contributed by atoms with van der Waals surface area (Å²) in [6, 6.07) is 7.76. The summed E-state index contributed by atoms with van der Waals surface area (Å²) in [4.78, 5) is 15.9. The molecular weight excluding hydrogens is 310 g/mol. The largest absolute Gasteiger partial charge is 0.484 e. The van der Waals surface area contributed by atoms with Crippen LogP contribution in [0.1, 0.15) is 37.0 Å². The van der Waals surface area contributed by atoms with Crippen molar-refractivity contribution in [2.24, 2.45) is 5.10 Å². The van der Waals surface area contributed by atoms with Gasteiger partial charge in [0.15, 0.2) is 6.61 Å². The van der Waals surface area contributed by atoms with E-state index in [0.717, 1.165) is 10.7 Å². The monoisotopic (exact) mass is 331 g/mol. The van der Waals surface area contributed by atoms with Gasteiger partial charge in [-0.05, 0) is 30.0 Å². The molecule has 1 aromatic heterocycles. The van der Waals surface area contributed by atoms with Gasteiger partial charge in [-0.15, -0.1) is 11.3 Å². The van der Waals surface area contributed by atoms with Crippen molar-refractivity contribution in [2.75, 3.05) is 6.61 Å². The Morgan fingerprint density at radius 3 is 2.61 bits per heavy atom. The number of rotatable bonds is 5. The van der Waals surface area contributed by atoms with Crippen molar-refractivity contribution in [2.45, 2.75) is 33.1 Å². The van der Waals surface area contributed by atoms with Crippen molar-refractivity contribution in [1.29, 1.82) is 0 Å². The highest BCUT2D eigenvalue weighted by Gasteiger charge is 2.13. The fourth-order valence-electron chi connectivity index (χ4n) is 1.84. The van der Waals surface area contributed by atoms with Gasteiger partial charge >= 0.3 is 0 Å². The zero-order valence-electron chi connectivity index (χ0n) is 13.8. The predicted octanol–water partition coefficient (Wildman–Crippen LogP) is 3.28. The van der Waals surface area contributed by atoms with Crippen molar-refractivity contribution in [3.8, 4) is 5.75 Å². The summed E-state index contributed by atoms with van der Waals surface area (Å²) in [7, 11) is 0. The number of hydrazone groups is 1. The van der Waals surface area contributed by atoms with E-state index in [9.17, 15) is 4.79 Å². The maximum Gasteiger partial charge on any atom is 0.277 e. The van der Waals surface area contributed by atoms with Crippen molar-refractivity contribution in [3.63, 3.8) is 0 Å². The van der Waals surface area contributed by atoms with Crippen LogP contribution in [0.5, 0.6) is 5.75 Å². The summed E-state index contributed by atoms with van der Waals surface area (Å²) >= 11 is 1.53. The summed E-state index contributed by atoms with van der Waals surface area (Å²) in [5.41, 5.74) is 4.46. The van der Waals surface area contributed by atoms with E-state index in [1.165, 1.54) is 23.1 Å². The summed E-state index contributed by atoms with van der Waals surface area (Å²) < 4.78 is 5.44. The standard InChI is InChI=1S/C17H21N3O2S/c1-12-19-14(11-23-12)9-18-20-16(21)10-22-15-7-5-13(6-8-15)17(2,3)4/h5-9,11H,10H2,1-4H3,(H,20,21)/b18-9-. The van der Waals surface area contributed by atoms with E-state index >= 15 is 0 Å². The first-order chi connectivity index (χ1) is 10.8. The van der Waals surface area contributed by atoms with E-state index < -0.39 is 0 Å². The third-order valence-electron chi connectivity index (χ3n) is 3.11. The van der Waals surface area contributed by atoms with E-state index in [0.29, 0.717) is 5.75 Å². The van der Waals surface area contributed by atoms with E-state index in [1.807, 2.05) is 36.6 Å². The molecule has 0 aliphatic carbocycles. The minimum Gasteiger partial charge on any atom is -0.484 e. The van der Waals surface area contributed by atoms with Crippen LogP contribution in [0, 0.1) is 6.92 Å². The second-order valence-electron chi connectivity index (χ2n) is 6.15. The van der Waals surface area contributed by atoms with E-state index in [4.69, 9.17) is 4.74 Å². The molecule has 1 amide bonds. The molecule has 0 saturated heterocycles. The smallest absolute Gasteiger partial charge is 0.277 e. The molecule has 0 radical (unpaired) electrons. The van der Waals surface area contributed by atoms with Crippen LogP contribution >= 0.6 is 11.3 Å². The topological polar surface area (TPSA) is 63.6 Å². The van der Waals surface area contributed by atoms with Gasteiger partial charge < -0.3 is 4.74 Å². The van der Waals surface area contributed by atoms with Gasteiger partial charge in [0, 0.05) is 5.38 Å². The third kappa shape index (κ3) is 5.49. The Morgan fingerprint density at radius 1 is 1.35 bits per heavy atom. The van der Waals surface area contributed by atoms with Gasteiger partial charge in [0.05, 0.1) is 16.9 Å². The summed E-state index contributed by atoms with van der Waals surface area (Å²) in [5.74, 6) is 0.348. The first kappa shape index (κ1) is 17.1. The average Bonchev–Trinajstić information content (AvgIpc) is 2.90. The molecule has 2 aromatic rings. The maximum atomic E-state index is 11.7. The molecule has 1 N–H and O–H groups in total. The van der Waals surface area contributed by atoms with Crippen molar-refractivity contribution in [1.82, 2.24) is 10.4 Å². The predicted molar refractivity (Wildman–Crippen MR) is 93.2 cm³/mol. The third-order valence-corrected chi connectivity index (χ3v) is 3.90. The molecule has 0 spiro atoms. The first-order valence-electron chi connectivity index (χ1n) is 7.32. The van der Waals surface area contributed by atoms with Gasteiger partial charge in [-0.3, -0.25) is 4.79 Å². The van der Waals surface area contributed by atoms with Crippen LogP contribution in [0.15, 0.2) is 34.7 Å². The minimum atomic E-state index is -0.312. The lowest BCUT2D eigenvalue weighted by Gasteiger charge is -2.19. The number of amides is 1. The zero-order valence-corrected chi connectivity index (χ0v) is 14.6. The lowest BCUT2D eigenvalue weighted by molar-refractivity contribution is -0.123. The Bertz CT molecular complexity index is 685. The van der Waals surface area contributed by atoms with Crippen LogP contribution in [0.2, 0.25) is 0 Å². The van der Waals surface area contributed by atoms with E-state index in [2.05, 4.69) is 36.3 Å². The molecule has 6 heteroatoms. The summed E-state index contributed by atoms with van der Waals surface area (Å²) in [6.45, 7) is 8.29. The number of aromatic nitrogens is 1. The Kier molecular flexibility index (Phi) is 5.50. The van der Waals surface area contributed by atoms with E-state index in [1.54, 1.807) is 0 Å². The Labute approximate surface area is 140 Å². The van der Waals surface area contributed by atoms with Crippen molar-refractivity contribution < 1.29 is 9.53 Å². The number of nitrogens with zero attached hydrogens (tertiary/aromatic N) is 2. The molecule has 0 fully saturated rings. The molecule has 122 valence electrons. The van der Waals surface area contributed by atoms with Crippen LogP contribution in [0.3, 0.4) is 0 Å². The molecule has 0 bridgehead atoms. The minimum absolute atomic E-state index is 0.0811. The van der Waals surface area contributed by atoms with Crippen molar-refractivity contribution in [3.05, 3.63) is 45.9 Å². The Balaban J connectivity index is 1.79. The van der Waals surface area contributed by atoms with Crippen molar-refractivity contribution >= 4 is 23.5 Å². The number of benzene rings is 1. The van der Waals surface area contributed by atoms with Gasteiger partial charge in [-0.25, -0.2) is 10.4 Å². The van der Waals surface area contributed by atoms with Gasteiger partial charge in [-0.2, -0.15) is 5.10 Å². The fourth-order valence-corrected chi connectivity index (χ4v) is 2.41. The Morgan fingerprint density at radius 2 is 2.04 bits per heavy atom.